The van der Waals surface area contributed by atoms with Crippen LogP contribution in [0.3, 0.4) is 0 Å². The minimum Gasteiger partial charge on any atom is -0.481 e. The van der Waals surface area contributed by atoms with E-state index in [2.05, 4.69) is 59.7 Å². The molecule has 3 aromatic rings. The predicted octanol–water partition coefficient (Wildman–Crippen LogP) is 5.92. The first-order valence-electron chi connectivity index (χ1n) is 9.21. The van der Waals surface area contributed by atoms with Crippen LogP contribution in [-0.4, -0.2) is 18.2 Å². The van der Waals surface area contributed by atoms with Gasteiger partial charge >= 0.3 is 5.97 Å². The molecule has 2 aromatic carbocycles. The van der Waals surface area contributed by atoms with Crippen LogP contribution in [0.25, 0.3) is 15.0 Å². The topological polar surface area (TPSA) is 35.5 Å². The number of benzene rings is 2. The summed E-state index contributed by atoms with van der Waals surface area (Å²) in [7, 11) is -0.0659. The van der Waals surface area contributed by atoms with Crippen LogP contribution in [0.2, 0.25) is 0 Å². The van der Waals surface area contributed by atoms with E-state index in [4.69, 9.17) is 9.47 Å². The molecular formula is C24H25O3S+. The molecule has 0 aliphatic carbocycles. The van der Waals surface area contributed by atoms with Crippen molar-refractivity contribution in [2.45, 2.75) is 40.2 Å². The number of hydrogen-bond acceptors (Lipinski definition) is 3. The third kappa shape index (κ3) is 4.37. The zero-order valence-electron chi connectivity index (χ0n) is 17.0. The van der Waals surface area contributed by atoms with Crippen LogP contribution in [0.5, 0.6) is 5.75 Å². The van der Waals surface area contributed by atoms with Gasteiger partial charge in [-0.15, -0.1) is 5.92 Å². The average Bonchev–Trinajstić information content (AvgIpc) is 3.04. The van der Waals surface area contributed by atoms with Gasteiger partial charge in [0.05, 0.1) is 0 Å². The molecule has 144 valence electrons. The Bertz CT molecular complexity index is 1060. The molecule has 1 aromatic heterocycles. The SMILES string of the molecule is CC#CC(C)(C)OC(=O)COc1c(C)cc(-[s+]2ccc3ccccc32)cc1C. The fourth-order valence-corrected chi connectivity index (χ4v) is 5.34. The van der Waals surface area contributed by atoms with Gasteiger partial charge in [0.1, 0.15) is 11.1 Å². The van der Waals surface area contributed by atoms with Gasteiger partial charge in [0, 0.05) is 34.1 Å². The number of rotatable bonds is 5. The summed E-state index contributed by atoms with van der Waals surface area (Å²) < 4.78 is 12.5. The third-order valence-corrected chi connectivity index (χ3v) is 6.35. The summed E-state index contributed by atoms with van der Waals surface area (Å²) in [6.45, 7) is 9.14. The lowest BCUT2D eigenvalue weighted by molar-refractivity contribution is -0.154. The highest BCUT2D eigenvalue weighted by atomic mass is 32.2. The predicted molar refractivity (Wildman–Crippen MR) is 116 cm³/mol. The maximum absolute atomic E-state index is 12.1. The first-order valence-corrected chi connectivity index (χ1v) is 10.5. The highest BCUT2D eigenvalue weighted by molar-refractivity contribution is 7.43. The zero-order chi connectivity index (χ0) is 20.3. The Labute approximate surface area is 169 Å². The molecule has 0 aliphatic heterocycles. The van der Waals surface area contributed by atoms with Gasteiger partial charge in [-0.05, 0) is 57.9 Å². The Morgan fingerprint density at radius 2 is 1.79 bits per heavy atom. The highest BCUT2D eigenvalue weighted by Crippen LogP contribution is 2.42. The molecule has 0 aliphatic rings. The highest BCUT2D eigenvalue weighted by Gasteiger charge is 2.22. The number of carbonyl (C=O) groups is 1. The molecule has 0 amide bonds. The maximum Gasteiger partial charge on any atom is 0.345 e. The van der Waals surface area contributed by atoms with Crippen LogP contribution in [0.15, 0.2) is 47.8 Å². The molecule has 0 radical (unpaired) electrons. The molecule has 1 unspecified atom stereocenters. The quantitative estimate of drug-likeness (QED) is 0.307. The van der Waals surface area contributed by atoms with Crippen molar-refractivity contribution in [2.75, 3.05) is 6.61 Å². The van der Waals surface area contributed by atoms with E-state index in [0.717, 1.165) is 16.9 Å². The Morgan fingerprint density at radius 3 is 2.46 bits per heavy atom. The van der Waals surface area contributed by atoms with Gasteiger partial charge in [-0.25, -0.2) is 4.79 Å². The second-order valence-corrected chi connectivity index (χ2v) is 9.07. The maximum atomic E-state index is 12.1. The summed E-state index contributed by atoms with van der Waals surface area (Å²) in [5, 5.41) is 3.54. The van der Waals surface area contributed by atoms with Crippen LogP contribution >= 0.6 is 10.5 Å². The van der Waals surface area contributed by atoms with Gasteiger partial charge < -0.3 is 9.47 Å². The zero-order valence-corrected chi connectivity index (χ0v) is 17.8. The number of fused-ring (bicyclic) bond motifs is 1. The van der Waals surface area contributed by atoms with Crippen LogP contribution in [0.4, 0.5) is 0 Å². The summed E-state index contributed by atoms with van der Waals surface area (Å²) in [6, 6.07) is 15.0. The fraction of sp³-hybridized carbons (Fsp3) is 0.292. The van der Waals surface area contributed by atoms with Crippen molar-refractivity contribution in [3.05, 3.63) is 59.0 Å². The van der Waals surface area contributed by atoms with Crippen LogP contribution in [-0.2, 0) is 9.53 Å². The second-order valence-electron chi connectivity index (χ2n) is 7.21. The molecule has 3 rings (SSSR count). The van der Waals surface area contributed by atoms with Gasteiger partial charge in [0.2, 0.25) is 0 Å². The average molecular weight is 394 g/mol. The summed E-state index contributed by atoms with van der Waals surface area (Å²) in [5.41, 5.74) is 1.22. The van der Waals surface area contributed by atoms with E-state index in [-0.39, 0.29) is 17.1 Å². The number of carbonyl (C=O) groups excluding carboxylic acids is 1. The monoisotopic (exact) mass is 393 g/mol. The molecule has 1 heterocycles. The van der Waals surface area contributed by atoms with E-state index < -0.39 is 11.6 Å². The lowest BCUT2D eigenvalue weighted by Crippen LogP contribution is -2.29. The van der Waals surface area contributed by atoms with Gasteiger partial charge in [-0.3, -0.25) is 0 Å². The fourth-order valence-electron chi connectivity index (χ4n) is 3.28. The summed E-state index contributed by atoms with van der Waals surface area (Å²) in [5.74, 6) is 5.95. The van der Waals surface area contributed by atoms with E-state index in [1.807, 2.05) is 13.8 Å². The van der Waals surface area contributed by atoms with Crippen molar-refractivity contribution in [3.63, 3.8) is 0 Å². The molecule has 28 heavy (non-hydrogen) atoms. The lowest BCUT2D eigenvalue weighted by atomic mass is 10.1. The van der Waals surface area contributed by atoms with Gasteiger partial charge in [0.25, 0.3) is 0 Å². The lowest BCUT2D eigenvalue weighted by Gasteiger charge is -2.19. The van der Waals surface area contributed by atoms with E-state index in [0.29, 0.717) is 0 Å². The molecule has 0 fully saturated rings. The van der Waals surface area contributed by atoms with Crippen molar-refractivity contribution in [1.29, 1.82) is 0 Å². The number of ether oxygens (including phenoxy) is 2. The van der Waals surface area contributed by atoms with Gasteiger partial charge in [0.15, 0.2) is 21.8 Å². The van der Waals surface area contributed by atoms with Crippen LogP contribution in [0, 0.1) is 25.7 Å². The van der Waals surface area contributed by atoms with Crippen molar-refractivity contribution >= 4 is 26.5 Å². The number of aryl methyl sites for hydroxylation is 2. The molecule has 3 nitrogen and oxygen atoms in total. The number of thiophene rings is 1. The standard InChI is InChI=1S/C24H25O3S/c1-6-12-24(4,5)27-22(25)16-26-23-17(2)14-20(15-18(23)3)28-13-11-19-9-7-8-10-21(19)28/h7-11,13-15H,16H2,1-5H3/q+1. The van der Waals surface area contributed by atoms with E-state index >= 15 is 0 Å². The minimum atomic E-state index is -0.813. The second kappa shape index (κ2) is 8.08. The summed E-state index contributed by atoms with van der Waals surface area (Å²) >= 11 is 0. The van der Waals surface area contributed by atoms with Crippen molar-refractivity contribution in [1.82, 2.24) is 0 Å². The van der Waals surface area contributed by atoms with Gasteiger partial charge in [-0.1, -0.05) is 18.1 Å². The van der Waals surface area contributed by atoms with Crippen molar-refractivity contribution < 1.29 is 14.3 Å². The Morgan fingerprint density at radius 1 is 1.11 bits per heavy atom. The summed E-state index contributed by atoms with van der Waals surface area (Å²) in [4.78, 5) is 13.4. The normalized spacial score (nSPS) is 11.7. The number of hydrogen-bond donors (Lipinski definition) is 0. The summed E-state index contributed by atoms with van der Waals surface area (Å²) in [6.07, 6.45) is 0. The van der Waals surface area contributed by atoms with Gasteiger partial charge in [-0.2, -0.15) is 0 Å². The van der Waals surface area contributed by atoms with Crippen LogP contribution in [0.1, 0.15) is 31.9 Å². The van der Waals surface area contributed by atoms with Crippen molar-refractivity contribution in [2.24, 2.45) is 0 Å². The molecule has 0 spiro atoms. The Kier molecular flexibility index (Phi) is 5.76. The third-order valence-electron chi connectivity index (χ3n) is 4.36. The smallest absolute Gasteiger partial charge is 0.345 e. The van der Waals surface area contributed by atoms with Crippen molar-refractivity contribution in [3.8, 4) is 22.5 Å². The van der Waals surface area contributed by atoms with E-state index in [9.17, 15) is 4.79 Å². The molecule has 0 saturated heterocycles. The number of esters is 1. The molecule has 1 atom stereocenters. The Balaban J connectivity index is 1.79. The van der Waals surface area contributed by atoms with E-state index in [1.54, 1.807) is 20.8 Å². The van der Waals surface area contributed by atoms with E-state index in [1.165, 1.54) is 15.0 Å². The van der Waals surface area contributed by atoms with Crippen LogP contribution < -0.4 is 4.74 Å². The minimum absolute atomic E-state index is 0.0659. The largest absolute Gasteiger partial charge is 0.481 e. The first kappa shape index (κ1) is 20.0. The molecule has 0 saturated carbocycles. The Hall–Kier alpha value is -2.77. The molecular weight excluding hydrogens is 368 g/mol. The molecule has 4 heteroatoms. The molecule has 0 N–H and O–H groups in total. The molecule has 0 bridgehead atoms. The first-order chi connectivity index (χ1) is 13.3.